The molecule has 0 bridgehead atoms. The molecule has 0 heterocycles. The second-order valence-corrected chi connectivity index (χ2v) is 10.5. The Kier molecular flexibility index (Phi) is 9.85. The number of carbonyl (C=O) groups is 3. The van der Waals surface area contributed by atoms with Crippen LogP contribution in [0.25, 0.3) is 6.08 Å². The topological polar surface area (TPSA) is 75.3 Å². The van der Waals surface area contributed by atoms with E-state index in [0.29, 0.717) is 32.4 Å². The van der Waals surface area contributed by atoms with Crippen molar-refractivity contribution in [2.75, 3.05) is 11.1 Å². The number of halogens is 3. The minimum Gasteiger partial charge on any atom is -0.321 e. The maximum absolute atomic E-state index is 13.3. The maximum Gasteiger partial charge on any atom is 0.272 e. The Morgan fingerprint density at radius 2 is 1.49 bits per heavy atom. The summed E-state index contributed by atoms with van der Waals surface area (Å²) >= 11 is 19.7. The summed E-state index contributed by atoms with van der Waals surface area (Å²) in [6, 6.07) is 27.3. The van der Waals surface area contributed by atoms with Gasteiger partial charge in [-0.3, -0.25) is 14.4 Å². The standard InChI is InChI=1S/C30H21Cl3N2O3S/c31-22-14-12-19(13-15-22)27(36)18-39-24-10-5-9-23(17-24)34-30(38)26(16-21-8-4-11-25(32)28(21)33)35-29(37)20-6-2-1-3-7-20/h1-17H,18H2,(H,34,38)(H,35,37)/b26-16-. The third-order valence-electron chi connectivity index (χ3n) is 5.44. The molecule has 4 aromatic carbocycles. The summed E-state index contributed by atoms with van der Waals surface area (Å²) < 4.78 is 0. The summed E-state index contributed by atoms with van der Waals surface area (Å²) in [7, 11) is 0. The van der Waals surface area contributed by atoms with E-state index in [4.69, 9.17) is 34.8 Å². The molecule has 9 heteroatoms. The molecule has 0 radical (unpaired) electrons. The van der Waals surface area contributed by atoms with Gasteiger partial charge in [-0.25, -0.2) is 0 Å². The van der Waals surface area contributed by atoms with Crippen molar-refractivity contribution in [3.8, 4) is 0 Å². The molecule has 0 spiro atoms. The van der Waals surface area contributed by atoms with Gasteiger partial charge in [0.2, 0.25) is 0 Å². The number of benzene rings is 4. The monoisotopic (exact) mass is 594 g/mol. The average molecular weight is 596 g/mol. The van der Waals surface area contributed by atoms with Crippen molar-refractivity contribution in [1.82, 2.24) is 5.32 Å². The number of hydrogen-bond acceptors (Lipinski definition) is 4. The largest absolute Gasteiger partial charge is 0.321 e. The van der Waals surface area contributed by atoms with E-state index in [1.165, 1.54) is 17.8 Å². The lowest BCUT2D eigenvalue weighted by molar-refractivity contribution is -0.113. The van der Waals surface area contributed by atoms with E-state index in [-0.39, 0.29) is 22.3 Å². The average Bonchev–Trinajstić information content (AvgIpc) is 2.94. The fourth-order valence-electron chi connectivity index (χ4n) is 3.46. The third-order valence-corrected chi connectivity index (χ3v) is 7.52. The number of carbonyl (C=O) groups excluding carboxylic acids is 3. The number of thioether (sulfide) groups is 1. The van der Waals surface area contributed by atoms with Crippen molar-refractivity contribution in [1.29, 1.82) is 0 Å². The summed E-state index contributed by atoms with van der Waals surface area (Å²) in [5, 5.41) is 6.62. The Morgan fingerprint density at radius 1 is 0.769 bits per heavy atom. The van der Waals surface area contributed by atoms with Gasteiger partial charge < -0.3 is 10.6 Å². The third kappa shape index (κ3) is 7.97. The van der Waals surface area contributed by atoms with Crippen molar-refractivity contribution < 1.29 is 14.4 Å². The number of amides is 2. The van der Waals surface area contributed by atoms with Gasteiger partial charge in [0.05, 0.1) is 15.8 Å². The van der Waals surface area contributed by atoms with E-state index < -0.39 is 11.8 Å². The van der Waals surface area contributed by atoms with Crippen LogP contribution in [0.4, 0.5) is 5.69 Å². The van der Waals surface area contributed by atoms with Crippen molar-refractivity contribution in [3.63, 3.8) is 0 Å². The Morgan fingerprint density at radius 3 is 2.23 bits per heavy atom. The first-order valence-corrected chi connectivity index (χ1v) is 13.8. The molecule has 0 atom stereocenters. The van der Waals surface area contributed by atoms with Crippen LogP contribution >= 0.6 is 46.6 Å². The number of rotatable bonds is 9. The van der Waals surface area contributed by atoms with Gasteiger partial charge in [-0.15, -0.1) is 11.8 Å². The fourth-order valence-corrected chi connectivity index (χ4v) is 4.80. The molecule has 0 fully saturated rings. The molecule has 4 aromatic rings. The number of ketones is 1. The Labute approximate surface area is 245 Å². The van der Waals surface area contributed by atoms with Crippen LogP contribution < -0.4 is 10.6 Å². The van der Waals surface area contributed by atoms with Gasteiger partial charge >= 0.3 is 0 Å². The Hall–Kier alpha value is -3.55. The van der Waals surface area contributed by atoms with E-state index in [1.54, 1.807) is 91.0 Å². The van der Waals surface area contributed by atoms with Crippen molar-refractivity contribution in [3.05, 3.63) is 135 Å². The normalized spacial score (nSPS) is 11.1. The van der Waals surface area contributed by atoms with Crippen LogP contribution in [0.2, 0.25) is 15.1 Å². The van der Waals surface area contributed by atoms with E-state index in [2.05, 4.69) is 10.6 Å². The smallest absolute Gasteiger partial charge is 0.272 e. The first-order valence-electron chi connectivity index (χ1n) is 11.7. The van der Waals surface area contributed by atoms with Crippen molar-refractivity contribution in [2.24, 2.45) is 0 Å². The second kappa shape index (κ2) is 13.5. The van der Waals surface area contributed by atoms with E-state index in [9.17, 15) is 14.4 Å². The van der Waals surface area contributed by atoms with Crippen LogP contribution in [0.15, 0.2) is 108 Å². The zero-order chi connectivity index (χ0) is 27.8. The molecule has 0 saturated heterocycles. The highest BCUT2D eigenvalue weighted by atomic mass is 35.5. The highest BCUT2D eigenvalue weighted by Crippen LogP contribution is 2.28. The van der Waals surface area contributed by atoms with Crippen LogP contribution in [-0.2, 0) is 4.79 Å². The lowest BCUT2D eigenvalue weighted by Crippen LogP contribution is -2.30. The zero-order valence-corrected chi connectivity index (χ0v) is 23.4. The van der Waals surface area contributed by atoms with E-state index in [1.807, 2.05) is 6.07 Å². The molecular weight excluding hydrogens is 575 g/mol. The summed E-state index contributed by atoms with van der Waals surface area (Å²) in [6.07, 6.45) is 1.47. The summed E-state index contributed by atoms with van der Waals surface area (Å²) in [5.41, 5.74) is 1.88. The molecule has 0 aliphatic rings. The van der Waals surface area contributed by atoms with Gasteiger partial charge in [0, 0.05) is 26.7 Å². The zero-order valence-electron chi connectivity index (χ0n) is 20.3. The summed E-state index contributed by atoms with van der Waals surface area (Å²) in [4.78, 5) is 39.5. The summed E-state index contributed by atoms with van der Waals surface area (Å²) in [6.45, 7) is 0. The molecule has 0 saturated carbocycles. The molecule has 0 aliphatic heterocycles. The number of Topliss-reactive ketones (excluding diaryl/α,β-unsaturated/α-hetero) is 1. The van der Waals surface area contributed by atoms with Crippen LogP contribution in [0.1, 0.15) is 26.3 Å². The molecule has 0 aromatic heterocycles. The minimum absolute atomic E-state index is 0.0241. The molecule has 196 valence electrons. The number of anilines is 1. The van der Waals surface area contributed by atoms with Crippen LogP contribution in [0, 0.1) is 0 Å². The van der Waals surface area contributed by atoms with Gasteiger partial charge in [0.15, 0.2) is 5.78 Å². The highest BCUT2D eigenvalue weighted by molar-refractivity contribution is 8.00. The van der Waals surface area contributed by atoms with Crippen LogP contribution in [0.3, 0.4) is 0 Å². The predicted octanol–water partition coefficient (Wildman–Crippen LogP) is 8.03. The highest BCUT2D eigenvalue weighted by Gasteiger charge is 2.17. The molecule has 4 rings (SSSR count). The lowest BCUT2D eigenvalue weighted by atomic mass is 10.1. The SMILES string of the molecule is O=C(Nc1cccc(SCC(=O)c2ccc(Cl)cc2)c1)/C(=C/c1cccc(Cl)c1Cl)NC(=O)c1ccccc1. The van der Waals surface area contributed by atoms with Gasteiger partial charge in [0.25, 0.3) is 11.8 Å². The molecule has 0 aliphatic carbocycles. The minimum atomic E-state index is -0.560. The molecule has 2 amide bonds. The number of hydrogen-bond donors (Lipinski definition) is 2. The molecule has 2 N–H and O–H groups in total. The summed E-state index contributed by atoms with van der Waals surface area (Å²) in [5.74, 6) is -0.849. The van der Waals surface area contributed by atoms with Crippen LogP contribution in [0.5, 0.6) is 0 Å². The van der Waals surface area contributed by atoms with Crippen LogP contribution in [-0.4, -0.2) is 23.4 Å². The predicted molar refractivity (Wildman–Crippen MR) is 160 cm³/mol. The number of nitrogens with one attached hydrogen (secondary N) is 2. The lowest BCUT2D eigenvalue weighted by Gasteiger charge is -2.13. The van der Waals surface area contributed by atoms with Gasteiger partial charge in [-0.1, -0.05) is 71.2 Å². The quantitative estimate of drug-likeness (QED) is 0.117. The fraction of sp³-hybridized carbons (Fsp3) is 0.0333. The van der Waals surface area contributed by atoms with E-state index in [0.717, 1.165) is 4.90 Å². The van der Waals surface area contributed by atoms with Crippen molar-refractivity contribution in [2.45, 2.75) is 4.90 Å². The molecule has 39 heavy (non-hydrogen) atoms. The van der Waals surface area contributed by atoms with Gasteiger partial charge in [-0.05, 0) is 72.3 Å². The Balaban J connectivity index is 1.51. The van der Waals surface area contributed by atoms with Gasteiger partial charge in [0.1, 0.15) is 5.70 Å². The Bertz CT molecular complexity index is 1540. The second-order valence-electron chi connectivity index (χ2n) is 8.22. The van der Waals surface area contributed by atoms with E-state index >= 15 is 0 Å². The maximum atomic E-state index is 13.3. The molecule has 5 nitrogen and oxygen atoms in total. The van der Waals surface area contributed by atoms with Crippen molar-refractivity contribution >= 4 is 75.9 Å². The molecular formula is C30H21Cl3N2O3S. The first-order chi connectivity index (χ1) is 18.8. The van der Waals surface area contributed by atoms with Gasteiger partial charge in [-0.2, -0.15) is 0 Å². The molecule has 0 unspecified atom stereocenters. The first kappa shape index (κ1) is 28.5.